The third-order valence-corrected chi connectivity index (χ3v) is 2.25. The zero-order valence-corrected chi connectivity index (χ0v) is 9.04. The summed E-state index contributed by atoms with van der Waals surface area (Å²) in [5.74, 6) is 0.400. The van der Waals surface area contributed by atoms with E-state index >= 15 is 0 Å². The number of esters is 1. The first-order valence-electron chi connectivity index (χ1n) is 4.33. The maximum atomic E-state index is 11.2. The molecule has 15 heavy (non-hydrogen) atoms. The fourth-order valence-corrected chi connectivity index (χ4v) is 1.48. The van der Waals surface area contributed by atoms with Gasteiger partial charge in [-0.05, 0) is 18.2 Å². The quantitative estimate of drug-likeness (QED) is 0.737. The van der Waals surface area contributed by atoms with Crippen molar-refractivity contribution in [2.75, 3.05) is 13.7 Å². The van der Waals surface area contributed by atoms with E-state index in [1.807, 2.05) is 0 Å². The summed E-state index contributed by atoms with van der Waals surface area (Å²) in [5.41, 5.74) is 7.15. The Bertz CT molecular complexity index is 381. The van der Waals surface area contributed by atoms with Crippen LogP contribution in [0.25, 0.3) is 0 Å². The summed E-state index contributed by atoms with van der Waals surface area (Å²) >= 11 is 0. The van der Waals surface area contributed by atoms with E-state index in [1.54, 1.807) is 18.2 Å². The van der Waals surface area contributed by atoms with Gasteiger partial charge in [-0.3, -0.25) is 0 Å². The number of carbonyl (C=O) groups excluding carboxylic acids is 1. The van der Waals surface area contributed by atoms with Crippen molar-refractivity contribution in [3.05, 3.63) is 29.3 Å². The number of hydrogen-bond donors (Lipinski definition) is 1. The number of methoxy groups -OCH3 is 1. The predicted molar refractivity (Wildman–Crippen MR) is 57.5 cm³/mol. The van der Waals surface area contributed by atoms with Gasteiger partial charge in [0.25, 0.3) is 0 Å². The van der Waals surface area contributed by atoms with E-state index in [4.69, 9.17) is 10.5 Å². The number of fused-ring (bicyclic) bond motifs is 1. The molecule has 0 saturated heterocycles. The molecule has 0 aromatic heterocycles. The van der Waals surface area contributed by atoms with Crippen LogP contribution in [0, 0.1) is 0 Å². The fraction of sp³-hybridized carbons (Fsp3) is 0.300. The van der Waals surface area contributed by atoms with Crippen LogP contribution < -0.4 is 10.5 Å². The van der Waals surface area contributed by atoms with Crippen molar-refractivity contribution < 1.29 is 14.3 Å². The van der Waals surface area contributed by atoms with E-state index in [-0.39, 0.29) is 24.4 Å². The van der Waals surface area contributed by atoms with Crippen molar-refractivity contribution in [1.82, 2.24) is 0 Å². The molecule has 4 nitrogen and oxygen atoms in total. The first-order valence-corrected chi connectivity index (χ1v) is 4.33. The lowest BCUT2D eigenvalue weighted by Crippen LogP contribution is -2.11. The molecule has 2 N–H and O–H groups in total. The first kappa shape index (κ1) is 11.8. The summed E-state index contributed by atoms with van der Waals surface area (Å²) < 4.78 is 9.91. The Labute approximate surface area is 93.8 Å². The highest BCUT2D eigenvalue weighted by molar-refractivity contribution is 5.89. The number of benzene rings is 1. The molecular formula is C10H12ClNO3. The summed E-state index contributed by atoms with van der Waals surface area (Å²) in [5, 5.41) is 0. The van der Waals surface area contributed by atoms with E-state index in [0.717, 1.165) is 11.3 Å². The maximum Gasteiger partial charge on any atom is 0.337 e. The lowest BCUT2D eigenvalue weighted by atomic mass is 10.1. The molecule has 1 heterocycles. The van der Waals surface area contributed by atoms with Crippen molar-refractivity contribution in [1.29, 1.82) is 0 Å². The van der Waals surface area contributed by atoms with Crippen LogP contribution in [0.1, 0.15) is 22.0 Å². The van der Waals surface area contributed by atoms with Gasteiger partial charge in [0.2, 0.25) is 0 Å². The van der Waals surface area contributed by atoms with Crippen LogP contribution in [0.3, 0.4) is 0 Å². The summed E-state index contributed by atoms with van der Waals surface area (Å²) in [6.45, 7) is 0.472. The molecule has 0 aliphatic carbocycles. The molecule has 0 fully saturated rings. The molecule has 1 aliphatic rings. The Morgan fingerprint density at radius 2 is 2.33 bits per heavy atom. The van der Waals surface area contributed by atoms with Gasteiger partial charge in [-0.25, -0.2) is 4.79 Å². The molecule has 1 aromatic rings. The summed E-state index contributed by atoms with van der Waals surface area (Å²) in [6, 6.07) is 4.99. The fourth-order valence-electron chi connectivity index (χ4n) is 1.48. The Hall–Kier alpha value is -1.26. The minimum Gasteiger partial charge on any atom is -0.491 e. The molecule has 0 saturated carbocycles. The third kappa shape index (κ3) is 2.06. The minimum atomic E-state index is -0.355. The Balaban J connectivity index is 0.00000112. The van der Waals surface area contributed by atoms with Crippen LogP contribution in [-0.4, -0.2) is 19.7 Å². The molecule has 82 valence electrons. The van der Waals surface area contributed by atoms with Crippen molar-refractivity contribution in [3.8, 4) is 5.75 Å². The molecule has 0 radical (unpaired) electrons. The SMILES string of the molecule is COC(=O)c1ccc2c(c1)[C@@H](N)CO2.Cl. The highest BCUT2D eigenvalue weighted by atomic mass is 35.5. The lowest BCUT2D eigenvalue weighted by Gasteiger charge is -2.03. The summed E-state index contributed by atoms with van der Waals surface area (Å²) in [6.07, 6.45) is 0. The highest BCUT2D eigenvalue weighted by Gasteiger charge is 2.21. The molecule has 0 bridgehead atoms. The zero-order valence-electron chi connectivity index (χ0n) is 8.23. The predicted octanol–water partition coefficient (Wildman–Crippen LogP) is 1.29. The lowest BCUT2D eigenvalue weighted by molar-refractivity contribution is 0.0600. The van der Waals surface area contributed by atoms with Crippen molar-refractivity contribution >= 4 is 18.4 Å². The average molecular weight is 230 g/mol. The van der Waals surface area contributed by atoms with Crippen LogP contribution >= 0.6 is 12.4 Å². The maximum absolute atomic E-state index is 11.2. The standard InChI is InChI=1S/C10H11NO3.ClH/c1-13-10(12)6-2-3-9-7(4-6)8(11)5-14-9;/h2-4,8H,5,11H2,1H3;1H/t8-;/m0./s1. The van der Waals surface area contributed by atoms with E-state index < -0.39 is 0 Å². The molecule has 5 heteroatoms. The van der Waals surface area contributed by atoms with Gasteiger partial charge in [0.05, 0.1) is 18.7 Å². The second-order valence-corrected chi connectivity index (χ2v) is 3.16. The van der Waals surface area contributed by atoms with Gasteiger partial charge in [-0.2, -0.15) is 0 Å². The second kappa shape index (κ2) is 4.51. The summed E-state index contributed by atoms with van der Waals surface area (Å²) in [4.78, 5) is 11.2. The number of ether oxygens (including phenoxy) is 2. The van der Waals surface area contributed by atoms with Gasteiger partial charge in [0.15, 0.2) is 0 Å². The van der Waals surface area contributed by atoms with Gasteiger partial charge in [-0.15, -0.1) is 12.4 Å². The Morgan fingerprint density at radius 3 is 3.00 bits per heavy atom. The third-order valence-electron chi connectivity index (χ3n) is 2.25. The zero-order chi connectivity index (χ0) is 10.1. The van der Waals surface area contributed by atoms with Crippen molar-refractivity contribution in [2.45, 2.75) is 6.04 Å². The number of halogens is 1. The van der Waals surface area contributed by atoms with E-state index in [9.17, 15) is 4.79 Å². The van der Waals surface area contributed by atoms with Crippen molar-refractivity contribution in [2.24, 2.45) is 5.73 Å². The van der Waals surface area contributed by atoms with Crippen LogP contribution in [0.2, 0.25) is 0 Å². The first-order chi connectivity index (χ1) is 6.72. The molecule has 1 aliphatic heterocycles. The van der Waals surface area contributed by atoms with E-state index in [1.165, 1.54) is 7.11 Å². The molecule has 1 atom stereocenters. The van der Waals surface area contributed by atoms with E-state index in [2.05, 4.69) is 4.74 Å². The molecule has 0 spiro atoms. The normalized spacial score (nSPS) is 17.3. The molecule has 2 rings (SSSR count). The van der Waals surface area contributed by atoms with Crippen LogP contribution in [0.15, 0.2) is 18.2 Å². The Kier molecular flexibility index (Phi) is 3.55. The van der Waals surface area contributed by atoms with Gasteiger partial charge in [0.1, 0.15) is 12.4 Å². The average Bonchev–Trinajstić information content (AvgIpc) is 2.59. The van der Waals surface area contributed by atoms with Gasteiger partial charge in [-0.1, -0.05) is 0 Å². The molecule has 0 unspecified atom stereocenters. The topological polar surface area (TPSA) is 61.5 Å². The smallest absolute Gasteiger partial charge is 0.337 e. The summed E-state index contributed by atoms with van der Waals surface area (Å²) in [7, 11) is 1.35. The number of hydrogen-bond acceptors (Lipinski definition) is 4. The Morgan fingerprint density at radius 1 is 1.60 bits per heavy atom. The van der Waals surface area contributed by atoms with Crippen LogP contribution in [0.4, 0.5) is 0 Å². The van der Waals surface area contributed by atoms with Gasteiger partial charge < -0.3 is 15.2 Å². The van der Waals surface area contributed by atoms with Crippen LogP contribution in [0.5, 0.6) is 5.75 Å². The second-order valence-electron chi connectivity index (χ2n) is 3.16. The molecular weight excluding hydrogens is 218 g/mol. The monoisotopic (exact) mass is 229 g/mol. The van der Waals surface area contributed by atoms with Crippen molar-refractivity contribution in [3.63, 3.8) is 0 Å². The molecule has 1 aromatic carbocycles. The van der Waals surface area contributed by atoms with Gasteiger partial charge in [0, 0.05) is 5.56 Å². The van der Waals surface area contributed by atoms with E-state index in [0.29, 0.717) is 12.2 Å². The molecule has 0 amide bonds. The number of rotatable bonds is 1. The number of carbonyl (C=O) groups is 1. The van der Waals surface area contributed by atoms with Crippen LogP contribution in [-0.2, 0) is 4.74 Å². The number of nitrogens with two attached hydrogens (primary N) is 1. The minimum absolute atomic E-state index is 0. The highest BCUT2D eigenvalue weighted by Crippen LogP contribution is 2.31. The van der Waals surface area contributed by atoms with Gasteiger partial charge >= 0.3 is 5.97 Å². The largest absolute Gasteiger partial charge is 0.491 e.